The fourth-order valence-electron chi connectivity index (χ4n) is 3.10. The highest BCUT2D eigenvalue weighted by atomic mass is 123. The van der Waals surface area contributed by atoms with Gasteiger partial charge in [-0.05, 0) is 41.5 Å². The van der Waals surface area contributed by atoms with Crippen molar-refractivity contribution in [1.29, 1.82) is 0 Å². The van der Waals surface area contributed by atoms with E-state index in [-0.39, 0.29) is 0 Å². The maximum Gasteiger partial charge on any atom is 0.195 e. The molecule has 24 heavy (non-hydrogen) atoms. The fraction of sp³-hybridized carbons (Fsp3) is 0.200. The Morgan fingerprint density at radius 2 is 1.42 bits per heavy atom. The first kappa shape index (κ1) is 17.5. The van der Waals surface area contributed by atoms with Crippen molar-refractivity contribution >= 4 is 45.9 Å². The number of alkyl halides is 1. The summed E-state index contributed by atoms with van der Waals surface area (Å²) >= 11 is 2.47. The van der Waals surface area contributed by atoms with Gasteiger partial charge in [-0.1, -0.05) is 59.0 Å². The Kier molecular flexibility index (Phi) is 6.33. The lowest BCUT2D eigenvalue weighted by Gasteiger charge is -2.26. The van der Waals surface area contributed by atoms with Gasteiger partial charge in [0.05, 0.1) is 6.16 Å². The molecule has 0 N–H and O–H groups in total. The second-order valence-corrected chi connectivity index (χ2v) is 10.3. The minimum Gasteiger partial charge on any atom is -0.245 e. The van der Waals surface area contributed by atoms with E-state index in [9.17, 15) is 0 Å². The molecule has 0 aliphatic carbocycles. The zero-order valence-electron chi connectivity index (χ0n) is 13.6. The van der Waals surface area contributed by atoms with Crippen molar-refractivity contribution in [2.75, 3.05) is 10.6 Å². The van der Waals surface area contributed by atoms with Crippen LogP contribution in [0, 0.1) is 0 Å². The van der Waals surface area contributed by atoms with E-state index in [0.717, 1.165) is 6.16 Å². The largest absolute Gasteiger partial charge is 0.245 e. The summed E-state index contributed by atoms with van der Waals surface area (Å²) in [5.74, 6) is 0. The molecule has 0 aliphatic heterocycles. The van der Waals surface area contributed by atoms with Gasteiger partial charge >= 0.3 is 0 Å². The minimum absolute atomic E-state index is 1.15. The molecular weight excluding hydrogens is 422 g/mol. The molecule has 0 atom stereocenters. The van der Waals surface area contributed by atoms with E-state index in [2.05, 4.69) is 94.3 Å². The topological polar surface area (TPSA) is 25.8 Å². The third-order valence-corrected chi connectivity index (χ3v) is 9.38. The van der Waals surface area contributed by atoms with Crippen LogP contribution in [0.25, 0.3) is 0 Å². The smallest absolute Gasteiger partial charge is 0.195 e. The van der Waals surface area contributed by atoms with Crippen molar-refractivity contribution in [2.24, 2.45) is 0 Å². The fourth-order valence-corrected chi connectivity index (χ4v) is 7.85. The molecule has 0 unspecified atom stereocenters. The van der Waals surface area contributed by atoms with Crippen molar-refractivity contribution in [2.45, 2.75) is 12.8 Å². The molecule has 0 fully saturated rings. The molecule has 0 amide bonds. The summed E-state index contributed by atoms with van der Waals surface area (Å²) < 4.78 is 1.20. The predicted molar refractivity (Wildman–Crippen MR) is 114 cm³/mol. The highest BCUT2D eigenvalue weighted by molar-refractivity contribution is 14.1. The van der Waals surface area contributed by atoms with Gasteiger partial charge in [0.25, 0.3) is 0 Å². The van der Waals surface area contributed by atoms with Crippen molar-refractivity contribution in [3.63, 3.8) is 0 Å². The van der Waals surface area contributed by atoms with E-state index in [1.807, 2.05) is 6.20 Å². The molecule has 0 saturated heterocycles. The number of benzene rings is 2. The summed E-state index contributed by atoms with van der Waals surface area (Å²) in [6, 6.07) is 24.0. The van der Waals surface area contributed by atoms with Crippen LogP contribution in [0.5, 0.6) is 0 Å². The average Bonchev–Trinajstić information content (AvgIpc) is 2.68. The number of aromatic nitrogens is 2. The van der Waals surface area contributed by atoms with Gasteiger partial charge in [0.2, 0.25) is 0 Å². The van der Waals surface area contributed by atoms with Gasteiger partial charge < -0.3 is 0 Å². The minimum atomic E-state index is -1.74. The van der Waals surface area contributed by atoms with Crippen LogP contribution < -0.4 is 16.0 Å². The van der Waals surface area contributed by atoms with Crippen LogP contribution in [0.4, 0.5) is 0 Å². The Morgan fingerprint density at radius 3 is 1.92 bits per heavy atom. The number of hydrogen-bond acceptors (Lipinski definition) is 2. The standard InChI is InChI=1S/C20H21IN2P/c21-14-7-8-16-24(18-9-3-1-4-10-18,19-11-5-2-6-12-19)20-13-15-22-17-23-20/h1-6,9-13,15,17H,7-8,14,16H2/q+1/i21-4. The normalized spacial score (nSPS) is 11.4. The van der Waals surface area contributed by atoms with Gasteiger partial charge in [0, 0.05) is 12.3 Å². The van der Waals surface area contributed by atoms with Crippen molar-refractivity contribution in [3.8, 4) is 0 Å². The highest BCUT2D eigenvalue weighted by Gasteiger charge is 2.46. The van der Waals surface area contributed by atoms with Gasteiger partial charge in [-0.3, -0.25) is 0 Å². The molecule has 1 heterocycles. The molecule has 1 aromatic heterocycles. The molecule has 3 aromatic rings. The summed E-state index contributed by atoms with van der Waals surface area (Å²) in [6.45, 7) is 0. The van der Waals surface area contributed by atoms with E-state index >= 15 is 0 Å². The summed E-state index contributed by atoms with van der Waals surface area (Å²) in [7, 11) is -1.74. The third kappa shape index (κ3) is 3.68. The summed E-state index contributed by atoms with van der Waals surface area (Å²) in [6.07, 6.45) is 7.17. The van der Waals surface area contributed by atoms with Gasteiger partial charge in [-0.15, -0.1) is 0 Å². The molecule has 4 heteroatoms. The van der Waals surface area contributed by atoms with Gasteiger partial charge in [-0.2, -0.15) is 0 Å². The first-order chi connectivity index (χ1) is 11.9. The number of nitrogens with zero attached hydrogens (tertiary/aromatic N) is 2. The van der Waals surface area contributed by atoms with E-state index in [1.54, 1.807) is 6.33 Å². The van der Waals surface area contributed by atoms with Crippen LogP contribution >= 0.6 is 29.9 Å². The molecule has 2 nitrogen and oxygen atoms in total. The molecule has 0 aliphatic rings. The monoisotopic (exact) mass is 443 g/mol. The lowest BCUT2D eigenvalue weighted by atomic mass is 10.4. The van der Waals surface area contributed by atoms with Crippen LogP contribution in [0.15, 0.2) is 79.3 Å². The zero-order valence-corrected chi connectivity index (χ0v) is 16.6. The highest BCUT2D eigenvalue weighted by Crippen LogP contribution is 2.55. The summed E-state index contributed by atoms with van der Waals surface area (Å²) in [5, 5.41) is 2.81. The number of hydrogen-bond donors (Lipinski definition) is 0. The molecule has 0 radical (unpaired) electrons. The number of halogens is 1. The first-order valence-electron chi connectivity index (χ1n) is 8.20. The lowest BCUT2D eigenvalue weighted by Crippen LogP contribution is -2.35. The third-order valence-electron chi connectivity index (χ3n) is 4.23. The van der Waals surface area contributed by atoms with Crippen LogP contribution in [0.2, 0.25) is 0 Å². The number of rotatable bonds is 7. The molecular formula is C20H21IN2P+. The van der Waals surface area contributed by atoms with E-state index < -0.39 is 7.26 Å². The molecule has 3 rings (SSSR count). The predicted octanol–water partition coefficient (Wildman–Crippen LogP) is 3.99. The lowest BCUT2D eigenvalue weighted by molar-refractivity contribution is 0.913. The Hall–Kier alpha value is -1.32. The van der Waals surface area contributed by atoms with Crippen molar-refractivity contribution < 1.29 is 0 Å². The quantitative estimate of drug-likeness (QED) is 0.239. The number of unbranched alkanes of at least 4 members (excludes halogenated alkanes) is 1. The average molecular weight is 443 g/mol. The van der Waals surface area contributed by atoms with Crippen LogP contribution in [0.1, 0.15) is 12.8 Å². The molecule has 0 bridgehead atoms. The maximum absolute atomic E-state index is 4.72. The van der Waals surface area contributed by atoms with Crippen LogP contribution in [0.3, 0.4) is 0 Å². The van der Waals surface area contributed by atoms with E-state index in [4.69, 9.17) is 4.98 Å². The van der Waals surface area contributed by atoms with Crippen LogP contribution in [-0.4, -0.2) is 20.6 Å². The Morgan fingerprint density at radius 1 is 0.792 bits per heavy atom. The van der Waals surface area contributed by atoms with Crippen molar-refractivity contribution in [3.05, 3.63) is 79.3 Å². The molecule has 0 saturated carbocycles. The Labute approximate surface area is 158 Å². The molecule has 2 aromatic carbocycles. The summed E-state index contributed by atoms with van der Waals surface area (Å²) in [4.78, 5) is 8.87. The van der Waals surface area contributed by atoms with Gasteiger partial charge in [-0.25, -0.2) is 9.97 Å². The van der Waals surface area contributed by atoms with E-state index in [1.165, 1.54) is 33.3 Å². The van der Waals surface area contributed by atoms with Gasteiger partial charge in [0.15, 0.2) is 5.44 Å². The first-order valence-corrected chi connectivity index (χ1v) is 11.7. The maximum atomic E-state index is 4.72. The Bertz CT molecular complexity index is 639. The van der Waals surface area contributed by atoms with Gasteiger partial charge in [0.1, 0.15) is 24.2 Å². The SMILES string of the molecule is [123I]CCCC[P+](c1ccccc1)(c1ccccc1)c1ccncn1. The Balaban J connectivity index is 2.20. The molecule has 0 spiro atoms. The molecule has 122 valence electrons. The summed E-state index contributed by atoms with van der Waals surface area (Å²) in [5.41, 5.74) is 1.18. The van der Waals surface area contributed by atoms with Crippen molar-refractivity contribution in [1.82, 2.24) is 9.97 Å². The second kappa shape index (κ2) is 8.68. The van der Waals surface area contributed by atoms with E-state index in [0.29, 0.717) is 0 Å². The zero-order chi connectivity index (χ0) is 16.7. The van der Waals surface area contributed by atoms with Crippen LogP contribution in [-0.2, 0) is 0 Å². The second-order valence-electron chi connectivity index (χ2n) is 5.67.